The van der Waals surface area contributed by atoms with E-state index in [1.54, 1.807) is 0 Å². The van der Waals surface area contributed by atoms with Gasteiger partial charge in [-0.15, -0.1) is 0 Å². The van der Waals surface area contributed by atoms with Gasteiger partial charge in [-0.2, -0.15) is 0 Å². The van der Waals surface area contributed by atoms with Crippen LogP contribution in [0.2, 0.25) is 0 Å². The zero-order valence-corrected chi connectivity index (χ0v) is 13.2. The minimum atomic E-state index is -0.801. The molecule has 0 bridgehead atoms. The molecule has 1 N–H and O–H groups in total. The number of carboxylic acid groups (broad SMARTS) is 1. The number of aromatic nitrogens is 2. The number of aliphatic carboxylic acids is 1. The van der Waals surface area contributed by atoms with E-state index in [9.17, 15) is 4.79 Å². The Balaban J connectivity index is 2.01. The van der Waals surface area contributed by atoms with E-state index in [1.165, 1.54) is 18.2 Å². The number of carbonyl (C=O) groups is 1. The van der Waals surface area contributed by atoms with Crippen molar-refractivity contribution in [3.63, 3.8) is 0 Å². The van der Waals surface area contributed by atoms with Crippen LogP contribution in [0.25, 0.3) is 11.0 Å². The third-order valence-electron chi connectivity index (χ3n) is 4.20. The molecule has 1 aromatic carbocycles. The maximum absolute atomic E-state index is 10.9. The zero-order valence-electron chi connectivity index (χ0n) is 12.4. The van der Waals surface area contributed by atoms with E-state index in [4.69, 9.17) is 5.11 Å². The van der Waals surface area contributed by atoms with E-state index in [-0.39, 0.29) is 5.75 Å². The highest BCUT2D eigenvalue weighted by atomic mass is 32.2. The summed E-state index contributed by atoms with van der Waals surface area (Å²) in [5, 5.41) is 9.77. The lowest BCUT2D eigenvalue weighted by Gasteiger charge is -2.19. The Morgan fingerprint density at radius 2 is 2.24 bits per heavy atom. The van der Waals surface area contributed by atoms with Crippen LogP contribution in [0.5, 0.6) is 0 Å². The van der Waals surface area contributed by atoms with Crippen molar-refractivity contribution in [2.75, 3.05) is 5.75 Å². The fraction of sp³-hybridized carbons (Fsp3) is 0.500. The van der Waals surface area contributed by atoms with Gasteiger partial charge >= 0.3 is 5.97 Å². The fourth-order valence-corrected chi connectivity index (χ4v) is 4.03. The van der Waals surface area contributed by atoms with Crippen LogP contribution in [0.1, 0.15) is 39.2 Å². The van der Waals surface area contributed by atoms with Gasteiger partial charge in [0.05, 0.1) is 16.8 Å². The average molecular weight is 304 g/mol. The van der Waals surface area contributed by atoms with Crippen LogP contribution >= 0.6 is 11.8 Å². The van der Waals surface area contributed by atoms with Crippen molar-refractivity contribution in [3.8, 4) is 0 Å². The van der Waals surface area contributed by atoms with Gasteiger partial charge < -0.3 is 9.67 Å². The van der Waals surface area contributed by atoms with Gasteiger partial charge in [-0.1, -0.05) is 37.7 Å². The summed E-state index contributed by atoms with van der Waals surface area (Å²) in [6, 6.07) is 8.49. The first-order valence-electron chi connectivity index (χ1n) is 7.28. The molecule has 1 saturated carbocycles. The van der Waals surface area contributed by atoms with Crippen molar-refractivity contribution in [1.29, 1.82) is 0 Å². The molecule has 0 saturated heterocycles. The Morgan fingerprint density at radius 1 is 1.48 bits per heavy atom. The van der Waals surface area contributed by atoms with Crippen LogP contribution < -0.4 is 0 Å². The molecular weight excluding hydrogens is 284 g/mol. The number of nitrogens with zero attached hydrogens (tertiary/aromatic N) is 2. The lowest BCUT2D eigenvalue weighted by Crippen LogP contribution is -2.11. The third kappa shape index (κ3) is 2.93. The second-order valence-electron chi connectivity index (χ2n) is 6.50. The molecule has 1 aliphatic carbocycles. The smallest absolute Gasteiger partial charge is 0.313 e. The Morgan fingerprint density at radius 3 is 2.90 bits per heavy atom. The van der Waals surface area contributed by atoms with Gasteiger partial charge in [0.15, 0.2) is 5.16 Å². The van der Waals surface area contributed by atoms with Crippen molar-refractivity contribution >= 4 is 28.8 Å². The summed E-state index contributed by atoms with van der Waals surface area (Å²) in [5.74, 6) is -0.746. The molecule has 1 aliphatic rings. The predicted molar refractivity (Wildman–Crippen MR) is 84.8 cm³/mol. The standard InChI is InChI=1S/C16H20N2O2S/c1-16(2)8-7-11(9-16)18-13-6-4-3-5-12(13)17-15(18)21-10-14(19)20/h3-6,11H,7-10H2,1-2H3,(H,19,20). The van der Waals surface area contributed by atoms with Crippen LogP contribution in [0.3, 0.4) is 0 Å². The second kappa shape index (κ2) is 5.37. The highest BCUT2D eigenvalue weighted by molar-refractivity contribution is 7.99. The summed E-state index contributed by atoms with van der Waals surface area (Å²) in [6.07, 6.45) is 3.45. The molecule has 2 aromatic rings. The van der Waals surface area contributed by atoms with Gasteiger partial charge in [0.25, 0.3) is 0 Å². The molecular formula is C16H20N2O2S. The van der Waals surface area contributed by atoms with Crippen LogP contribution in [0.15, 0.2) is 29.4 Å². The number of rotatable bonds is 4. The van der Waals surface area contributed by atoms with E-state index >= 15 is 0 Å². The molecule has 1 aromatic heterocycles. The summed E-state index contributed by atoms with van der Waals surface area (Å²) < 4.78 is 2.26. The van der Waals surface area contributed by atoms with Crippen LogP contribution in [-0.4, -0.2) is 26.4 Å². The van der Waals surface area contributed by atoms with Crippen LogP contribution in [0.4, 0.5) is 0 Å². The van der Waals surface area contributed by atoms with Gasteiger partial charge in [-0.3, -0.25) is 4.79 Å². The average Bonchev–Trinajstić information content (AvgIpc) is 2.95. The number of thioether (sulfide) groups is 1. The minimum absolute atomic E-state index is 0.0550. The molecule has 4 nitrogen and oxygen atoms in total. The number of imidazole rings is 1. The molecule has 1 heterocycles. The number of hydrogen-bond donors (Lipinski definition) is 1. The highest BCUT2D eigenvalue weighted by Gasteiger charge is 2.33. The molecule has 1 fully saturated rings. The summed E-state index contributed by atoms with van der Waals surface area (Å²) in [5.41, 5.74) is 2.42. The first-order chi connectivity index (χ1) is 9.96. The lowest BCUT2D eigenvalue weighted by atomic mass is 9.92. The van der Waals surface area contributed by atoms with Gasteiger partial charge in [0.2, 0.25) is 0 Å². The number of hydrogen-bond acceptors (Lipinski definition) is 3. The maximum Gasteiger partial charge on any atom is 0.313 e. The minimum Gasteiger partial charge on any atom is -0.481 e. The third-order valence-corrected chi connectivity index (χ3v) is 5.13. The van der Waals surface area contributed by atoms with E-state index in [0.717, 1.165) is 29.0 Å². The largest absolute Gasteiger partial charge is 0.481 e. The van der Waals surface area contributed by atoms with Gasteiger partial charge in [0.1, 0.15) is 0 Å². The van der Waals surface area contributed by atoms with Crippen LogP contribution in [-0.2, 0) is 4.79 Å². The van der Waals surface area contributed by atoms with Gasteiger partial charge in [0, 0.05) is 6.04 Å². The first-order valence-corrected chi connectivity index (χ1v) is 8.26. The molecule has 0 spiro atoms. The topological polar surface area (TPSA) is 55.1 Å². The Labute approximate surface area is 128 Å². The molecule has 21 heavy (non-hydrogen) atoms. The first kappa shape index (κ1) is 14.4. The molecule has 1 atom stereocenters. The highest BCUT2D eigenvalue weighted by Crippen LogP contribution is 2.45. The normalized spacial score (nSPS) is 21.0. The molecule has 0 amide bonds. The Hall–Kier alpha value is -1.49. The molecule has 0 aliphatic heterocycles. The molecule has 112 valence electrons. The van der Waals surface area contributed by atoms with E-state index in [0.29, 0.717) is 11.5 Å². The molecule has 1 unspecified atom stereocenters. The predicted octanol–water partition coefficient (Wildman–Crippen LogP) is 3.96. The Bertz CT molecular complexity index is 678. The zero-order chi connectivity index (χ0) is 15.0. The maximum atomic E-state index is 10.9. The fourth-order valence-electron chi connectivity index (χ4n) is 3.22. The van der Waals surface area contributed by atoms with Crippen molar-refractivity contribution in [2.45, 2.75) is 44.3 Å². The van der Waals surface area contributed by atoms with Crippen molar-refractivity contribution in [2.24, 2.45) is 5.41 Å². The van der Waals surface area contributed by atoms with Crippen molar-refractivity contribution in [1.82, 2.24) is 9.55 Å². The number of benzene rings is 1. The summed E-state index contributed by atoms with van der Waals surface area (Å²) in [6.45, 7) is 4.60. The number of fused-ring (bicyclic) bond motifs is 1. The van der Waals surface area contributed by atoms with Crippen molar-refractivity contribution in [3.05, 3.63) is 24.3 Å². The van der Waals surface area contributed by atoms with Gasteiger partial charge in [-0.05, 0) is 36.8 Å². The number of para-hydroxylation sites is 2. The Kier molecular flexibility index (Phi) is 3.69. The lowest BCUT2D eigenvalue weighted by molar-refractivity contribution is -0.133. The molecule has 3 rings (SSSR count). The SMILES string of the molecule is CC1(C)CCC(n2c(SCC(=O)O)nc3ccccc32)C1. The second-order valence-corrected chi connectivity index (χ2v) is 7.44. The summed E-state index contributed by atoms with van der Waals surface area (Å²) >= 11 is 1.32. The van der Waals surface area contributed by atoms with E-state index in [1.807, 2.05) is 18.2 Å². The van der Waals surface area contributed by atoms with Crippen molar-refractivity contribution < 1.29 is 9.90 Å². The van der Waals surface area contributed by atoms with Crippen LogP contribution in [0, 0.1) is 5.41 Å². The van der Waals surface area contributed by atoms with E-state index < -0.39 is 5.97 Å². The van der Waals surface area contributed by atoms with Gasteiger partial charge in [-0.25, -0.2) is 4.98 Å². The number of carboxylic acids is 1. The van der Waals surface area contributed by atoms with E-state index in [2.05, 4.69) is 29.5 Å². The molecule has 5 heteroatoms. The summed E-state index contributed by atoms with van der Waals surface area (Å²) in [7, 11) is 0. The summed E-state index contributed by atoms with van der Waals surface area (Å²) in [4.78, 5) is 15.5. The molecule has 0 radical (unpaired) electrons. The monoisotopic (exact) mass is 304 g/mol. The quantitative estimate of drug-likeness (QED) is 0.869.